The normalized spacial score (nSPS) is 16.6. The van der Waals surface area contributed by atoms with Gasteiger partial charge in [0.25, 0.3) is 0 Å². The van der Waals surface area contributed by atoms with Gasteiger partial charge in [-0.2, -0.15) is 0 Å². The second-order valence-corrected chi connectivity index (χ2v) is 7.01. The Bertz CT molecular complexity index is 573. The third-order valence-corrected chi connectivity index (χ3v) is 3.63. The number of aliphatic imine (C=N–C) groups is 1. The van der Waals surface area contributed by atoms with E-state index in [2.05, 4.69) is 48.4 Å². The molecule has 1 aliphatic rings. The molecular formula is C18H27N3O2. The minimum atomic E-state index is -0.478. The first kappa shape index (κ1) is 17.3. The fourth-order valence-corrected chi connectivity index (χ4v) is 2.38. The van der Waals surface area contributed by atoms with Gasteiger partial charge < -0.3 is 10.1 Å². The summed E-state index contributed by atoms with van der Waals surface area (Å²) in [6.45, 7) is 11.5. The van der Waals surface area contributed by atoms with Crippen LogP contribution in [0.4, 0.5) is 4.79 Å². The molecule has 0 bridgehead atoms. The number of ether oxygens (including phenoxy) is 1. The van der Waals surface area contributed by atoms with E-state index >= 15 is 0 Å². The van der Waals surface area contributed by atoms with Crippen LogP contribution in [0.25, 0.3) is 0 Å². The van der Waals surface area contributed by atoms with Crippen LogP contribution in [0.15, 0.2) is 29.3 Å². The number of nitrogens with one attached hydrogen (secondary N) is 1. The van der Waals surface area contributed by atoms with Crippen molar-refractivity contribution in [2.24, 2.45) is 4.99 Å². The van der Waals surface area contributed by atoms with Gasteiger partial charge in [-0.25, -0.2) is 4.79 Å². The SMILES string of the molecule is Cc1ccc(C(C)NC2=NCCN(C(=O)OC(C)(C)C)C2)cc1. The maximum Gasteiger partial charge on any atom is 0.410 e. The number of nitrogens with zero attached hydrogens (tertiary/aromatic N) is 2. The van der Waals surface area contributed by atoms with Crippen LogP contribution in [0, 0.1) is 6.92 Å². The molecule has 1 atom stereocenters. The van der Waals surface area contributed by atoms with Gasteiger partial charge in [-0.05, 0) is 40.2 Å². The summed E-state index contributed by atoms with van der Waals surface area (Å²) in [7, 11) is 0. The van der Waals surface area contributed by atoms with E-state index in [0.717, 1.165) is 5.84 Å². The lowest BCUT2D eigenvalue weighted by Gasteiger charge is -2.30. The Morgan fingerprint density at radius 1 is 1.30 bits per heavy atom. The monoisotopic (exact) mass is 317 g/mol. The van der Waals surface area contributed by atoms with Gasteiger partial charge in [0.1, 0.15) is 11.4 Å². The summed E-state index contributed by atoms with van der Waals surface area (Å²) in [6, 6.07) is 8.57. The topological polar surface area (TPSA) is 53.9 Å². The first-order valence-corrected chi connectivity index (χ1v) is 8.09. The van der Waals surface area contributed by atoms with Gasteiger partial charge in [-0.3, -0.25) is 9.89 Å². The van der Waals surface area contributed by atoms with Crippen LogP contribution in [0.1, 0.15) is 44.9 Å². The zero-order valence-electron chi connectivity index (χ0n) is 14.7. The van der Waals surface area contributed by atoms with Crippen molar-refractivity contribution < 1.29 is 9.53 Å². The van der Waals surface area contributed by atoms with Gasteiger partial charge >= 0.3 is 6.09 Å². The summed E-state index contributed by atoms with van der Waals surface area (Å²) in [6.07, 6.45) is -0.283. The van der Waals surface area contributed by atoms with E-state index in [1.165, 1.54) is 11.1 Å². The smallest absolute Gasteiger partial charge is 0.410 e. The first-order chi connectivity index (χ1) is 10.7. The lowest BCUT2D eigenvalue weighted by molar-refractivity contribution is 0.0276. The van der Waals surface area contributed by atoms with Gasteiger partial charge in [0, 0.05) is 12.6 Å². The van der Waals surface area contributed by atoms with Gasteiger partial charge in [0.2, 0.25) is 0 Å². The predicted octanol–water partition coefficient (Wildman–Crippen LogP) is 3.29. The molecule has 0 saturated carbocycles. The fourth-order valence-electron chi connectivity index (χ4n) is 2.38. The molecule has 0 aliphatic carbocycles. The number of rotatable bonds is 2. The molecule has 1 aromatic carbocycles. The minimum Gasteiger partial charge on any atom is -0.444 e. The number of hydrogen-bond acceptors (Lipinski definition) is 4. The van der Waals surface area contributed by atoms with Crippen molar-refractivity contribution in [3.8, 4) is 0 Å². The number of hydrogen-bond donors (Lipinski definition) is 1. The van der Waals surface area contributed by atoms with Gasteiger partial charge in [0.05, 0.1) is 13.1 Å². The molecule has 23 heavy (non-hydrogen) atoms. The van der Waals surface area contributed by atoms with Crippen LogP contribution in [-0.2, 0) is 4.74 Å². The lowest BCUT2D eigenvalue weighted by Crippen LogP contribution is -2.47. The molecule has 2 rings (SSSR count). The van der Waals surface area contributed by atoms with E-state index in [-0.39, 0.29) is 12.1 Å². The maximum atomic E-state index is 12.2. The molecule has 0 fully saturated rings. The summed E-state index contributed by atoms with van der Waals surface area (Å²) in [5.74, 6) is 0.829. The average Bonchev–Trinajstić information content (AvgIpc) is 2.46. The third-order valence-electron chi connectivity index (χ3n) is 3.63. The predicted molar refractivity (Wildman–Crippen MR) is 92.8 cm³/mol. The van der Waals surface area contributed by atoms with Gasteiger partial charge in [-0.15, -0.1) is 0 Å². The highest BCUT2D eigenvalue weighted by atomic mass is 16.6. The molecule has 1 amide bonds. The summed E-state index contributed by atoms with van der Waals surface area (Å²) >= 11 is 0. The fraction of sp³-hybridized carbons (Fsp3) is 0.556. The van der Waals surface area contributed by atoms with Crippen molar-refractivity contribution in [2.45, 2.75) is 46.3 Å². The van der Waals surface area contributed by atoms with E-state index in [1.807, 2.05) is 20.8 Å². The summed E-state index contributed by atoms with van der Waals surface area (Å²) in [5, 5.41) is 3.40. The van der Waals surface area contributed by atoms with Crippen LogP contribution in [0.2, 0.25) is 0 Å². The van der Waals surface area contributed by atoms with Crippen LogP contribution in [0.5, 0.6) is 0 Å². The first-order valence-electron chi connectivity index (χ1n) is 8.09. The number of benzene rings is 1. The molecule has 0 radical (unpaired) electrons. The Morgan fingerprint density at radius 2 is 1.96 bits per heavy atom. The number of carbonyl (C=O) groups excluding carboxylic acids is 1. The van der Waals surface area contributed by atoms with Crippen molar-refractivity contribution in [3.63, 3.8) is 0 Å². The Morgan fingerprint density at radius 3 is 2.57 bits per heavy atom. The Balaban J connectivity index is 1.94. The third kappa shape index (κ3) is 5.27. The molecule has 1 N–H and O–H groups in total. The van der Waals surface area contributed by atoms with E-state index in [1.54, 1.807) is 4.90 Å². The molecule has 1 heterocycles. The highest BCUT2D eigenvalue weighted by Crippen LogP contribution is 2.15. The maximum absolute atomic E-state index is 12.2. The summed E-state index contributed by atoms with van der Waals surface area (Å²) in [5.41, 5.74) is 1.97. The second kappa shape index (κ2) is 7.02. The molecule has 1 unspecified atom stereocenters. The van der Waals surface area contributed by atoms with E-state index in [9.17, 15) is 4.79 Å². The zero-order chi connectivity index (χ0) is 17.0. The standard InChI is InChI=1S/C18H27N3O2/c1-13-6-8-15(9-7-13)14(2)20-16-12-21(11-10-19-16)17(22)23-18(3,4)5/h6-9,14H,10-12H2,1-5H3,(H,19,20). The van der Waals surface area contributed by atoms with Crippen LogP contribution in [-0.4, -0.2) is 42.1 Å². The highest BCUT2D eigenvalue weighted by molar-refractivity contribution is 5.88. The number of carbonyl (C=O) groups is 1. The van der Waals surface area contributed by atoms with Crippen molar-refractivity contribution in [1.82, 2.24) is 10.2 Å². The summed E-state index contributed by atoms with van der Waals surface area (Å²) in [4.78, 5) is 18.4. The minimum absolute atomic E-state index is 0.146. The van der Waals surface area contributed by atoms with E-state index in [4.69, 9.17) is 4.74 Å². The molecular weight excluding hydrogens is 290 g/mol. The Hall–Kier alpha value is -2.04. The van der Waals surface area contributed by atoms with Crippen LogP contribution >= 0.6 is 0 Å². The summed E-state index contributed by atoms with van der Waals surface area (Å²) < 4.78 is 5.43. The van der Waals surface area contributed by atoms with Crippen molar-refractivity contribution in [1.29, 1.82) is 0 Å². The largest absolute Gasteiger partial charge is 0.444 e. The zero-order valence-corrected chi connectivity index (χ0v) is 14.7. The lowest BCUT2D eigenvalue weighted by atomic mass is 10.1. The van der Waals surface area contributed by atoms with Crippen LogP contribution in [0.3, 0.4) is 0 Å². The second-order valence-electron chi connectivity index (χ2n) is 7.01. The number of amides is 1. The van der Waals surface area contributed by atoms with E-state index < -0.39 is 5.60 Å². The Kier molecular flexibility index (Phi) is 5.29. The van der Waals surface area contributed by atoms with E-state index in [0.29, 0.717) is 19.6 Å². The molecule has 5 heteroatoms. The molecule has 0 saturated heterocycles. The molecule has 126 valence electrons. The van der Waals surface area contributed by atoms with Crippen LogP contribution < -0.4 is 5.32 Å². The quantitative estimate of drug-likeness (QED) is 0.910. The Labute approximate surface area is 138 Å². The molecule has 0 spiro atoms. The molecule has 0 aromatic heterocycles. The number of amidine groups is 1. The molecule has 1 aliphatic heterocycles. The number of aryl methyl sites for hydroxylation is 1. The molecule has 1 aromatic rings. The highest BCUT2D eigenvalue weighted by Gasteiger charge is 2.25. The average molecular weight is 317 g/mol. The van der Waals surface area contributed by atoms with Crippen molar-refractivity contribution >= 4 is 11.9 Å². The van der Waals surface area contributed by atoms with Gasteiger partial charge in [-0.1, -0.05) is 29.8 Å². The van der Waals surface area contributed by atoms with Crippen molar-refractivity contribution in [2.75, 3.05) is 19.6 Å². The van der Waals surface area contributed by atoms with Crippen molar-refractivity contribution in [3.05, 3.63) is 35.4 Å². The van der Waals surface area contributed by atoms with Gasteiger partial charge in [0.15, 0.2) is 0 Å². The molecule has 5 nitrogen and oxygen atoms in total.